The Hall–Kier alpha value is -1.38. The molecular formula is C14H13Br2N3O2S. The standard InChI is InChI=1S/C14H13Br2N3O2S/c1-22(20,21)11-4-2-3-10(8-11)19(14(17)18)13-7-9(15)5-6-12(13)16/h2-8H,1H3,(H3,17,18). The van der Waals surface area contributed by atoms with Gasteiger partial charge in [-0.05, 0) is 52.3 Å². The van der Waals surface area contributed by atoms with Crippen molar-refractivity contribution < 1.29 is 8.42 Å². The molecule has 0 aliphatic rings. The van der Waals surface area contributed by atoms with Crippen molar-refractivity contribution in [2.24, 2.45) is 5.73 Å². The van der Waals surface area contributed by atoms with E-state index < -0.39 is 9.84 Å². The molecule has 3 N–H and O–H groups in total. The quantitative estimate of drug-likeness (QED) is 0.556. The van der Waals surface area contributed by atoms with Gasteiger partial charge in [-0.15, -0.1) is 0 Å². The van der Waals surface area contributed by atoms with Crippen LogP contribution >= 0.6 is 31.9 Å². The number of guanidine groups is 1. The van der Waals surface area contributed by atoms with Crippen LogP contribution in [0.3, 0.4) is 0 Å². The van der Waals surface area contributed by atoms with Crippen LogP contribution in [0.4, 0.5) is 11.4 Å². The van der Waals surface area contributed by atoms with Gasteiger partial charge in [0.2, 0.25) is 0 Å². The number of nitrogens with one attached hydrogen (secondary N) is 1. The minimum atomic E-state index is -3.34. The van der Waals surface area contributed by atoms with E-state index in [0.717, 1.165) is 15.2 Å². The van der Waals surface area contributed by atoms with Gasteiger partial charge in [-0.2, -0.15) is 0 Å². The van der Waals surface area contributed by atoms with E-state index in [0.29, 0.717) is 11.4 Å². The smallest absolute Gasteiger partial charge is 0.197 e. The van der Waals surface area contributed by atoms with Crippen LogP contribution in [0.2, 0.25) is 0 Å². The zero-order chi connectivity index (χ0) is 16.5. The molecule has 2 aromatic carbocycles. The van der Waals surface area contributed by atoms with Crippen molar-refractivity contribution >= 4 is 59.0 Å². The van der Waals surface area contributed by atoms with E-state index in [1.807, 2.05) is 12.1 Å². The Balaban J connectivity index is 2.64. The second kappa shape index (κ2) is 6.39. The summed E-state index contributed by atoms with van der Waals surface area (Å²) in [7, 11) is -3.34. The monoisotopic (exact) mass is 445 g/mol. The number of rotatable bonds is 3. The van der Waals surface area contributed by atoms with Gasteiger partial charge in [0.25, 0.3) is 0 Å². The molecule has 0 aliphatic heterocycles. The molecule has 8 heteroatoms. The summed E-state index contributed by atoms with van der Waals surface area (Å²) in [5.74, 6) is -0.218. The molecule has 0 amide bonds. The Labute approximate surface area is 145 Å². The van der Waals surface area contributed by atoms with Crippen LogP contribution < -0.4 is 10.6 Å². The van der Waals surface area contributed by atoms with Crippen LogP contribution in [-0.2, 0) is 9.84 Å². The maximum Gasteiger partial charge on any atom is 0.197 e. The van der Waals surface area contributed by atoms with E-state index >= 15 is 0 Å². The molecule has 0 spiro atoms. The van der Waals surface area contributed by atoms with Gasteiger partial charge < -0.3 is 5.73 Å². The fourth-order valence-electron chi connectivity index (χ4n) is 1.92. The highest BCUT2D eigenvalue weighted by Gasteiger charge is 2.18. The van der Waals surface area contributed by atoms with Crippen LogP contribution in [0.25, 0.3) is 0 Å². The summed E-state index contributed by atoms with van der Waals surface area (Å²) in [6.07, 6.45) is 1.14. The normalized spacial score (nSPS) is 11.2. The van der Waals surface area contributed by atoms with E-state index in [-0.39, 0.29) is 10.9 Å². The Morgan fingerprint density at radius 2 is 1.86 bits per heavy atom. The van der Waals surface area contributed by atoms with Gasteiger partial charge in [0.05, 0.1) is 16.3 Å². The van der Waals surface area contributed by atoms with E-state index in [1.54, 1.807) is 18.2 Å². The lowest BCUT2D eigenvalue weighted by Gasteiger charge is -2.24. The molecule has 0 radical (unpaired) electrons. The topological polar surface area (TPSA) is 87.2 Å². The van der Waals surface area contributed by atoms with Crippen molar-refractivity contribution in [3.63, 3.8) is 0 Å². The number of halogens is 2. The van der Waals surface area contributed by atoms with Gasteiger partial charge in [-0.25, -0.2) is 8.42 Å². The maximum atomic E-state index is 11.7. The number of hydrogen-bond acceptors (Lipinski definition) is 3. The number of nitrogens with zero attached hydrogens (tertiary/aromatic N) is 1. The van der Waals surface area contributed by atoms with Crippen molar-refractivity contribution in [2.75, 3.05) is 11.2 Å². The second-order valence-electron chi connectivity index (χ2n) is 4.59. The molecule has 0 heterocycles. The number of nitrogens with two attached hydrogens (primary N) is 1. The summed E-state index contributed by atoms with van der Waals surface area (Å²) in [5.41, 5.74) is 6.83. The molecule has 0 unspecified atom stereocenters. The molecule has 0 aliphatic carbocycles. The molecule has 2 aromatic rings. The highest BCUT2D eigenvalue weighted by molar-refractivity contribution is 9.11. The van der Waals surface area contributed by atoms with Crippen molar-refractivity contribution in [3.8, 4) is 0 Å². The summed E-state index contributed by atoms with van der Waals surface area (Å²) >= 11 is 6.80. The zero-order valence-corrected chi connectivity index (χ0v) is 15.5. The van der Waals surface area contributed by atoms with Gasteiger partial charge in [0, 0.05) is 15.2 Å². The van der Waals surface area contributed by atoms with Gasteiger partial charge in [-0.3, -0.25) is 10.3 Å². The first kappa shape index (κ1) is 17.0. The summed E-state index contributed by atoms with van der Waals surface area (Å²) < 4.78 is 25.0. The molecule has 0 fully saturated rings. The van der Waals surface area contributed by atoms with Gasteiger partial charge in [0.1, 0.15) is 0 Å². The highest BCUT2D eigenvalue weighted by Crippen LogP contribution is 2.34. The SMILES string of the molecule is CS(=O)(=O)c1cccc(N(C(=N)N)c2cc(Br)ccc2Br)c1. The fourth-order valence-corrected chi connectivity index (χ4v) is 3.35. The lowest BCUT2D eigenvalue weighted by Crippen LogP contribution is -2.32. The van der Waals surface area contributed by atoms with Crippen LogP contribution in [0.1, 0.15) is 0 Å². The van der Waals surface area contributed by atoms with Crippen molar-refractivity contribution in [3.05, 3.63) is 51.4 Å². The van der Waals surface area contributed by atoms with Gasteiger partial charge >= 0.3 is 0 Å². The molecule has 0 atom stereocenters. The van der Waals surface area contributed by atoms with Crippen LogP contribution in [0, 0.1) is 5.41 Å². The third kappa shape index (κ3) is 3.68. The van der Waals surface area contributed by atoms with Crippen molar-refractivity contribution in [2.45, 2.75) is 4.90 Å². The van der Waals surface area contributed by atoms with Gasteiger partial charge in [0.15, 0.2) is 15.8 Å². The Morgan fingerprint density at radius 1 is 1.18 bits per heavy atom. The molecular weight excluding hydrogens is 434 g/mol. The number of benzene rings is 2. The Bertz CT molecular complexity index is 838. The lowest BCUT2D eigenvalue weighted by atomic mass is 10.2. The van der Waals surface area contributed by atoms with Crippen LogP contribution in [0.5, 0.6) is 0 Å². The number of hydrogen-bond donors (Lipinski definition) is 2. The van der Waals surface area contributed by atoms with E-state index in [4.69, 9.17) is 11.1 Å². The molecule has 2 rings (SSSR count). The van der Waals surface area contributed by atoms with Crippen LogP contribution in [0.15, 0.2) is 56.3 Å². The first-order chi connectivity index (χ1) is 10.2. The summed E-state index contributed by atoms with van der Waals surface area (Å²) in [5, 5.41) is 7.84. The minimum Gasteiger partial charge on any atom is -0.369 e. The third-order valence-corrected chi connectivity index (χ3v) is 5.17. The second-order valence-corrected chi connectivity index (χ2v) is 8.37. The minimum absolute atomic E-state index is 0.169. The molecule has 0 bridgehead atoms. The third-order valence-electron chi connectivity index (χ3n) is 2.89. The summed E-state index contributed by atoms with van der Waals surface area (Å²) in [4.78, 5) is 1.63. The number of sulfone groups is 1. The van der Waals surface area contributed by atoms with Crippen molar-refractivity contribution in [1.29, 1.82) is 5.41 Å². The number of anilines is 2. The molecule has 0 saturated carbocycles. The van der Waals surface area contributed by atoms with E-state index in [1.165, 1.54) is 17.0 Å². The van der Waals surface area contributed by atoms with Gasteiger partial charge in [-0.1, -0.05) is 22.0 Å². The summed E-state index contributed by atoms with van der Waals surface area (Å²) in [6.45, 7) is 0. The molecule has 116 valence electrons. The average molecular weight is 447 g/mol. The fraction of sp³-hybridized carbons (Fsp3) is 0.0714. The maximum absolute atomic E-state index is 11.7. The predicted molar refractivity (Wildman–Crippen MR) is 95.4 cm³/mol. The molecule has 0 saturated heterocycles. The van der Waals surface area contributed by atoms with Crippen molar-refractivity contribution in [1.82, 2.24) is 0 Å². The van der Waals surface area contributed by atoms with Crippen LogP contribution in [-0.4, -0.2) is 20.6 Å². The molecule has 5 nitrogen and oxygen atoms in total. The molecule has 0 aromatic heterocycles. The highest BCUT2D eigenvalue weighted by atomic mass is 79.9. The van der Waals surface area contributed by atoms with E-state index in [2.05, 4.69) is 31.9 Å². The predicted octanol–water partition coefficient (Wildman–Crippen LogP) is 3.65. The largest absolute Gasteiger partial charge is 0.369 e. The zero-order valence-electron chi connectivity index (χ0n) is 11.5. The first-order valence-corrected chi connectivity index (χ1v) is 9.57. The Morgan fingerprint density at radius 3 is 2.45 bits per heavy atom. The Kier molecular flexibility index (Phi) is 4.93. The average Bonchev–Trinajstić information content (AvgIpc) is 2.42. The lowest BCUT2D eigenvalue weighted by molar-refractivity contribution is 0.602. The first-order valence-electron chi connectivity index (χ1n) is 6.09. The summed E-state index contributed by atoms with van der Waals surface area (Å²) in [6, 6.07) is 11.8. The van der Waals surface area contributed by atoms with E-state index in [9.17, 15) is 8.42 Å². The molecule has 22 heavy (non-hydrogen) atoms.